The van der Waals surface area contributed by atoms with Crippen LogP contribution >= 0.6 is 0 Å². The van der Waals surface area contributed by atoms with E-state index >= 15 is 0 Å². The molecule has 0 aliphatic carbocycles. The van der Waals surface area contributed by atoms with Crippen molar-refractivity contribution >= 4 is 10.9 Å². The molecule has 2 heteroatoms. The molecule has 0 spiro atoms. The first-order valence-electron chi connectivity index (χ1n) is 10.2. The zero-order chi connectivity index (χ0) is 18.8. The van der Waals surface area contributed by atoms with Gasteiger partial charge < -0.3 is 4.98 Å². The Kier molecular flexibility index (Phi) is 4.50. The second-order valence-corrected chi connectivity index (χ2v) is 8.17. The Bertz CT molecular complexity index is 1050. The number of nitrogens with zero attached hydrogens (tertiary/aromatic N) is 1. The molecule has 0 radical (unpaired) electrons. The summed E-state index contributed by atoms with van der Waals surface area (Å²) in [5.74, 6) is 0. The smallest absolute Gasteiger partial charge is 0.0454 e. The zero-order valence-electron chi connectivity index (χ0n) is 16.1. The fraction of sp³-hybridized carbons (Fsp3) is 0.231. The van der Waals surface area contributed by atoms with Crippen molar-refractivity contribution in [3.8, 4) is 0 Å². The molecule has 1 N–H and O–H groups in total. The van der Waals surface area contributed by atoms with E-state index in [4.69, 9.17) is 0 Å². The number of nitrogens with one attached hydrogen (secondary N) is 1. The summed E-state index contributed by atoms with van der Waals surface area (Å²) in [6, 6.07) is 31.0. The number of H-pyrrole nitrogens is 1. The molecule has 3 aromatic carbocycles. The van der Waals surface area contributed by atoms with Crippen LogP contribution in [0.25, 0.3) is 10.9 Å². The van der Waals surface area contributed by atoms with Crippen LogP contribution in [0.3, 0.4) is 0 Å². The minimum atomic E-state index is 0.168. The number of aromatic amines is 1. The lowest BCUT2D eigenvalue weighted by Gasteiger charge is -2.31. The summed E-state index contributed by atoms with van der Waals surface area (Å²) >= 11 is 0. The Morgan fingerprint density at radius 2 is 1.57 bits per heavy atom. The monoisotopic (exact) mass is 366 g/mol. The minimum Gasteiger partial charge on any atom is -0.361 e. The molecule has 0 saturated carbocycles. The predicted molar refractivity (Wildman–Crippen MR) is 116 cm³/mol. The maximum Gasteiger partial charge on any atom is 0.0454 e. The van der Waals surface area contributed by atoms with E-state index in [-0.39, 0.29) is 5.41 Å². The summed E-state index contributed by atoms with van der Waals surface area (Å²) in [7, 11) is 0. The van der Waals surface area contributed by atoms with E-state index in [1.807, 2.05) is 6.20 Å². The van der Waals surface area contributed by atoms with Crippen molar-refractivity contribution in [1.82, 2.24) is 9.88 Å². The van der Waals surface area contributed by atoms with Gasteiger partial charge in [-0.05, 0) is 59.7 Å². The van der Waals surface area contributed by atoms with Gasteiger partial charge in [-0.1, -0.05) is 66.7 Å². The molecule has 4 aromatic rings. The molecule has 1 saturated heterocycles. The van der Waals surface area contributed by atoms with E-state index in [0.29, 0.717) is 0 Å². The Hall–Kier alpha value is -2.84. The Morgan fingerprint density at radius 1 is 0.821 bits per heavy atom. The van der Waals surface area contributed by atoms with Crippen LogP contribution in [0.15, 0.2) is 91.1 Å². The highest BCUT2D eigenvalue weighted by molar-refractivity contribution is 5.80. The fourth-order valence-corrected chi connectivity index (χ4v) is 4.79. The molecule has 1 aliphatic heterocycles. The quantitative estimate of drug-likeness (QED) is 0.490. The van der Waals surface area contributed by atoms with Gasteiger partial charge >= 0.3 is 0 Å². The van der Waals surface area contributed by atoms with E-state index in [1.165, 1.54) is 34.0 Å². The SMILES string of the molecule is c1ccc(CN2CCC(Cc3ccccc3)(c3ccc4[nH]ccc4c3)C2)cc1. The molecule has 1 aliphatic rings. The van der Waals surface area contributed by atoms with E-state index in [9.17, 15) is 0 Å². The summed E-state index contributed by atoms with van der Waals surface area (Å²) in [4.78, 5) is 5.96. The molecule has 1 unspecified atom stereocenters. The summed E-state index contributed by atoms with van der Waals surface area (Å²) in [5, 5.41) is 1.31. The first kappa shape index (κ1) is 17.3. The van der Waals surface area contributed by atoms with Gasteiger partial charge in [0.25, 0.3) is 0 Å². The third-order valence-corrected chi connectivity index (χ3v) is 6.23. The van der Waals surface area contributed by atoms with E-state index in [2.05, 4.69) is 94.8 Å². The number of hydrogen-bond donors (Lipinski definition) is 1. The zero-order valence-corrected chi connectivity index (χ0v) is 16.1. The number of benzene rings is 3. The topological polar surface area (TPSA) is 19.0 Å². The molecule has 28 heavy (non-hydrogen) atoms. The van der Waals surface area contributed by atoms with Crippen molar-refractivity contribution < 1.29 is 0 Å². The number of fused-ring (bicyclic) bond motifs is 1. The van der Waals surface area contributed by atoms with E-state index in [1.54, 1.807) is 0 Å². The molecule has 0 amide bonds. The molecule has 1 aromatic heterocycles. The van der Waals surface area contributed by atoms with Crippen LogP contribution in [-0.2, 0) is 18.4 Å². The van der Waals surface area contributed by atoms with Gasteiger partial charge in [-0.3, -0.25) is 4.90 Å². The van der Waals surface area contributed by atoms with Gasteiger partial charge in [0, 0.05) is 30.2 Å². The molecular formula is C26H26N2. The highest BCUT2D eigenvalue weighted by atomic mass is 15.2. The highest BCUT2D eigenvalue weighted by Crippen LogP contribution is 2.39. The van der Waals surface area contributed by atoms with E-state index < -0.39 is 0 Å². The number of hydrogen-bond acceptors (Lipinski definition) is 1. The molecule has 2 nitrogen and oxygen atoms in total. The summed E-state index contributed by atoms with van der Waals surface area (Å²) in [5.41, 5.74) is 5.69. The van der Waals surface area contributed by atoms with Gasteiger partial charge in [-0.25, -0.2) is 0 Å². The first-order valence-corrected chi connectivity index (χ1v) is 10.2. The van der Waals surface area contributed by atoms with Crippen molar-refractivity contribution in [1.29, 1.82) is 0 Å². The second kappa shape index (κ2) is 7.29. The average Bonchev–Trinajstić information content (AvgIpc) is 3.37. The average molecular weight is 367 g/mol. The van der Waals surface area contributed by atoms with Crippen molar-refractivity contribution in [2.24, 2.45) is 0 Å². The van der Waals surface area contributed by atoms with Crippen LogP contribution in [0.1, 0.15) is 23.1 Å². The van der Waals surface area contributed by atoms with Gasteiger partial charge in [-0.15, -0.1) is 0 Å². The van der Waals surface area contributed by atoms with E-state index in [0.717, 1.165) is 26.1 Å². The minimum absolute atomic E-state index is 0.168. The molecule has 5 rings (SSSR count). The normalized spacial score (nSPS) is 20.0. The van der Waals surface area contributed by atoms with Crippen LogP contribution in [0.5, 0.6) is 0 Å². The van der Waals surface area contributed by atoms with Crippen LogP contribution in [0.2, 0.25) is 0 Å². The van der Waals surface area contributed by atoms with Crippen molar-refractivity contribution in [2.45, 2.75) is 24.8 Å². The standard InChI is InChI=1S/C26H26N2/c1-3-7-21(8-4-1)18-26(24-11-12-25-23(17-24)13-15-27-25)14-16-28(20-26)19-22-9-5-2-6-10-22/h1-13,15,17,27H,14,16,18-20H2. The van der Waals surface area contributed by atoms with Gasteiger partial charge in [-0.2, -0.15) is 0 Å². The number of aromatic nitrogens is 1. The molecule has 2 heterocycles. The maximum atomic E-state index is 3.33. The summed E-state index contributed by atoms with van der Waals surface area (Å²) < 4.78 is 0. The summed E-state index contributed by atoms with van der Waals surface area (Å²) in [6.07, 6.45) is 4.33. The van der Waals surface area contributed by atoms with Crippen molar-refractivity contribution in [3.63, 3.8) is 0 Å². The lowest BCUT2D eigenvalue weighted by atomic mass is 9.74. The van der Waals surface area contributed by atoms with Gasteiger partial charge in [0.05, 0.1) is 0 Å². The lowest BCUT2D eigenvalue weighted by Crippen LogP contribution is -2.33. The second-order valence-electron chi connectivity index (χ2n) is 8.17. The number of rotatable bonds is 5. The Morgan fingerprint density at radius 3 is 2.36 bits per heavy atom. The summed E-state index contributed by atoms with van der Waals surface area (Å²) in [6.45, 7) is 3.28. The number of likely N-dealkylation sites (tertiary alicyclic amines) is 1. The fourth-order valence-electron chi connectivity index (χ4n) is 4.79. The highest BCUT2D eigenvalue weighted by Gasteiger charge is 2.39. The van der Waals surface area contributed by atoms with Crippen molar-refractivity contribution in [3.05, 3.63) is 108 Å². The van der Waals surface area contributed by atoms with Crippen LogP contribution in [0.4, 0.5) is 0 Å². The van der Waals surface area contributed by atoms with Gasteiger partial charge in [0.15, 0.2) is 0 Å². The third-order valence-electron chi connectivity index (χ3n) is 6.23. The van der Waals surface area contributed by atoms with Crippen LogP contribution in [0, 0.1) is 0 Å². The molecule has 1 fully saturated rings. The molecule has 0 bridgehead atoms. The van der Waals surface area contributed by atoms with Gasteiger partial charge in [0.2, 0.25) is 0 Å². The molecular weight excluding hydrogens is 340 g/mol. The largest absolute Gasteiger partial charge is 0.361 e. The first-order chi connectivity index (χ1) is 13.8. The molecule has 1 atom stereocenters. The maximum absolute atomic E-state index is 3.33. The van der Waals surface area contributed by atoms with Crippen molar-refractivity contribution in [2.75, 3.05) is 13.1 Å². The Labute approximate surface area is 166 Å². The van der Waals surface area contributed by atoms with Crippen LogP contribution in [-0.4, -0.2) is 23.0 Å². The van der Waals surface area contributed by atoms with Gasteiger partial charge in [0.1, 0.15) is 0 Å². The molecule has 140 valence electrons. The third kappa shape index (κ3) is 3.36. The Balaban J connectivity index is 1.48. The van der Waals surface area contributed by atoms with Crippen LogP contribution < -0.4 is 0 Å². The predicted octanol–water partition coefficient (Wildman–Crippen LogP) is 5.55. The lowest BCUT2D eigenvalue weighted by molar-refractivity contribution is 0.301.